The van der Waals surface area contributed by atoms with Crippen LogP contribution in [0.25, 0.3) is 0 Å². The first-order valence-electron chi connectivity index (χ1n) is 5.02. The average molecular weight is 239 g/mol. The molecule has 17 heavy (non-hydrogen) atoms. The molecule has 0 heterocycles. The van der Waals surface area contributed by atoms with Crippen molar-refractivity contribution in [2.75, 3.05) is 26.1 Å². The fourth-order valence-corrected chi connectivity index (χ4v) is 1.41. The molecular weight excluding hydrogens is 225 g/mol. The van der Waals surface area contributed by atoms with Gasteiger partial charge in [-0.3, -0.25) is 9.59 Å². The molecule has 1 rings (SSSR count). The number of esters is 1. The van der Waals surface area contributed by atoms with Crippen LogP contribution in [0.1, 0.15) is 16.8 Å². The number of Topliss-reactive ketones (excluding diaryl/α,β-unsaturated/α-hetero) is 1. The molecule has 0 saturated heterocycles. The molecule has 0 bridgehead atoms. The predicted molar refractivity (Wildman–Crippen MR) is 61.7 cm³/mol. The first-order chi connectivity index (χ1) is 7.95. The summed E-state index contributed by atoms with van der Waals surface area (Å²) in [4.78, 5) is 24.4. The Kier molecular flexibility index (Phi) is 4.20. The summed E-state index contributed by atoms with van der Waals surface area (Å²) in [6.45, 7) is 0. The maximum Gasteiger partial charge on any atom is 0.313 e. The molecule has 0 aliphatic rings. The van der Waals surface area contributed by atoms with E-state index in [4.69, 9.17) is 0 Å². The van der Waals surface area contributed by atoms with Crippen LogP contribution in [0.2, 0.25) is 0 Å². The van der Waals surface area contributed by atoms with E-state index in [1.807, 2.05) is 0 Å². The molecule has 0 saturated carbocycles. The lowest BCUT2D eigenvalue weighted by Gasteiger charge is -2.16. The number of anilines is 1. The summed E-state index contributed by atoms with van der Waals surface area (Å²) in [5.41, 5.74) is 0.751. The highest BCUT2D eigenvalue weighted by Gasteiger charge is 2.17. The van der Waals surface area contributed by atoms with Gasteiger partial charge in [-0.1, -0.05) is 0 Å². The zero-order chi connectivity index (χ0) is 13.0. The smallest absolute Gasteiger partial charge is 0.313 e. The molecule has 4 nitrogen and oxygen atoms in total. The van der Waals surface area contributed by atoms with E-state index in [9.17, 15) is 14.0 Å². The van der Waals surface area contributed by atoms with Gasteiger partial charge in [-0.15, -0.1) is 0 Å². The van der Waals surface area contributed by atoms with Gasteiger partial charge in [0.2, 0.25) is 0 Å². The average Bonchev–Trinajstić information content (AvgIpc) is 2.28. The number of nitrogens with zero attached hydrogens (tertiary/aromatic N) is 1. The molecule has 0 aliphatic heterocycles. The lowest BCUT2D eigenvalue weighted by Crippen LogP contribution is -2.16. The van der Waals surface area contributed by atoms with Gasteiger partial charge in [0.15, 0.2) is 5.78 Å². The lowest BCUT2D eigenvalue weighted by atomic mass is 10.1. The van der Waals surface area contributed by atoms with E-state index in [1.54, 1.807) is 19.0 Å². The number of methoxy groups -OCH3 is 1. The van der Waals surface area contributed by atoms with E-state index < -0.39 is 11.8 Å². The zero-order valence-electron chi connectivity index (χ0n) is 9.99. The second-order valence-corrected chi connectivity index (χ2v) is 3.73. The van der Waals surface area contributed by atoms with Gasteiger partial charge < -0.3 is 9.64 Å². The Bertz CT molecular complexity index is 443. The van der Waals surface area contributed by atoms with Gasteiger partial charge in [0, 0.05) is 25.3 Å². The standard InChI is InChI=1S/C12H14FNO3/c1-14(2)10-6-8(13)4-5-9(10)11(15)7-12(16)17-3/h4-6H,7H2,1-3H3. The quantitative estimate of drug-likeness (QED) is 0.455. The summed E-state index contributed by atoms with van der Waals surface area (Å²) < 4.78 is 17.5. The highest BCUT2D eigenvalue weighted by Crippen LogP contribution is 2.21. The van der Waals surface area contributed by atoms with Gasteiger partial charge in [-0.25, -0.2) is 4.39 Å². The van der Waals surface area contributed by atoms with Gasteiger partial charge in [0.1, 0.15) is 12.2 Å². The Morgan fingerprint density at radius 3 is 2.53 bits per heavy atom. The van der Waals surface area contributed by atoms with Crippen molar-refractivity contribution in [2.45, 2.75) is 6.42 Å². The van der Waals surface area contributed by atoms with Crippen LogP contribution >= 0.6 is 0 Å². The molecule has 0 radical (unpaired) electrons. The highest BCUT2D eigenvalue weighted by atomic mass is 19.1. The van der Waals surface area contributed by atoms with E-state index in [1.165, 1.54) is 25.3 Å². The fourth-order valence-electron chi connectivity index (χ4n) is 1.41. The molecule has 0 aliphatic carbocycles. The maximum atomic E-state index is 13.1. The number of halogens is 1. The topological polar surface area (TPSA) is 46.6 Å². The number of hydrogen-bond acceptors (Lipinski definition) is 4. The molecule has 92 valence electrons. The molecule has 0 amide bonds. The molecule has 1 aromatic carbocycles. The minimum Gasteiger partial charge on any atom is -0.469 e. The third kappa shape index (κ3) is 3.27. The Hall–Kier alpha value is -1.91. The van der Waals surface area contributed by atoms with Crippen LogP contribution in [0.3, 0.4) is 0 Å². The third-order valence-electron chi connectivity index (χ3n) is 2.27. The summed E-state index contributed by atoms with van der Waals surface area (Å²) in [6.07, 6.45) is -0.344. The molecule has 0 unspecified atom stereocenters. The number of ketones is 1. The van der Waals surface area contributed by atoms with Crippen molar-refractivity contribution < 1.29 is 18.7 Å². The molecule has 1 aromatic rings. The summed E-state index contributed by atoms with van der Waals surface area (Å²) in [6, 6.07) is 3.82. The molecule has 0 fully saturated rings. The Morgan fingerprint density at radius 1 is 1.35 bits per heavy atom. The summed E-state index contributed by atoms with van der Waals surface area (Å²) in [7, 11) is 4.61. The van der Waals surface area contributed by atoms with E-state index in [2.05, 4.69) is 4.74 Å². The van der Waals surface area contributed by atoms with E-state index in [0.29, 0.717) is 11.3 Å². The van der Waals surface area contributed by atoms with E-state index in [0.717, 1.165) is 0 Å². The first-order valence-corrected chi connectivity index (χ1v) is 5.02. The van der Waals surface area contributed by atoms with Crippen LogP contribution in [0.5, 0.6) is 0 Å². The van der Waals surface area contributed by atoms with E-state index >= 15 is 0 Å². The minimum absolute atomic E-state index is 0.307. The first kappa shape index (κ1) is 13.2. The maximum absolute atomic E-state index is 13.1. The van der Waals surface area contributed by atoms with Crippen molar-refractivity contribution in [3.63, 3.8) is 0 Å². The Labute approximate surface area is 99.0 Å². The van der Waals surface area contributed by atoms with Gasteiger partial charge in [0.05, 0.1) is 7.11 Å². The summed E-state index contributed by atoms with van der Waals surface area (Å²) in [5, 5.41) is 0. The van der Waals surface area contributed by atoms with Gasteiger partial charge in [-0.05, 0) is 18.2 Å². The monoisotopic (exact) mass is 239 g/mol. The molecular formula is C12H14FNO3. The van der Waals surface area contributed by atoms with Gasteiger partial charge >= 0.3 is 5.97 Å². The summed E-state index contributed by atoms with van der Waals surface area (Å²) in [5.74, 6) is -1.42. The summed E-state index contributed by atoms with van der Waals surface area (Å²) >= 11 is 0. The molecule has 0 N–H and O–H groups in total. The number of benzene rings is 1. The lowest BCUT2D eigenvalue weighted by molar-refractivity contribution is -0.139. The molecule has 0 aromatic heterocycles. The Balaban J connectivity index is 3.04. The second kappa shape index (κ2) is 5.43. The third-order valence-corrected chi connectivity index (χ3v) is 2.27. The molecule has 0 spiro atoms. The largest absolute Gasteiger partial charge is 0.469 e. The normalized spacial score (nSPS) is 9.88. The van der Waals surface area contributed by atoms with Crippen molar-refractivity contribution in [3.8, 4) is 0 Å². The molecule has 5 heteroatoms. The number of carbonyl (C=O) groups excluding carboxylic acids is 2. The fraction of sp³-hybridized carbons (Fsp3) is 0.333. The van der Waals surface area contributed by atoms with Crippen LogP contribution in [-0.2, 0) is 9.53 Å². The number of ether oxygens (including phenoxy) is 1. The van der Waals surface area contributed by atoms with Crippen LogP contribution in [0.4, 0.5) is 10.1 Å². The number of hydrogen-bond donors (Lipinski definition) is 0. The number of rotatable bonds is 4. The highest BCUT2D eigenvalue weighted by molar-refractivity contribution is 6.09. The Morgan fingerprint density at radius 2 is 2.00 bits per heavy atom. The van der Waals surface area contributed by atoms with Crippen molar-refractivity contribution in [1.82, 2.24) is 0 Å². The zero-order valence-corrected chi connectivity index (χ0v) is 9.99. The van der Waals surface area contributed by atoms with Crippen molar-refractivity contribution in [3.05, 3.63) is 29.6 Å². The van der Waals surface area contributed by atoms with Gasteiger partial charge in [-0.2, -0.15) is 0 Å². The van der Waals surface area contributed by atoms with Crippen LogP contribution < -0.4 is 4.90 Å². The van der Waals surface area contributed by atoms with Crippen molar-refractivity contribution >= 4 is 17.4 Å². The number of carbonyl (C=O) groups is 2. The van der Waals surface area contributed by atoms with Gasteiger partial charge in [0.25, 0.3) is 0 Å². The van der Waals surface area contributed by atoms with Crippen LogP contribution in [0.15, 0.2) is 18.2 Å². The predicted octanol–water partition coefficient (Wildman–Crippen LogP) is 1.64. The second-order valence-electron chi connectivity index (χ2n) is 3.73. The van der Waals surface area contributed by atoms with Crippen LogP contribution in [0, 0.1) is 5.82 Å². The molecule has 0 atom stereocenters. The van der Waals surface area contributed by atoms with E-state index in [-0.39, 0.29) is 12.2 Å². The minimum atomic E-state index is -0.607. The van der Waals surface area contributed by atoms with Crippen molar-refractivity contribution in [2.24, 2.45) is 0 Å². The van der Waals surface area contributed by atoms with Crippen LogP contribution in [-0.4, -0.2) is 33.0 Å². The SMILES string of the molecule is COC(=O)CC(=O)c1ccc(F)cc1N(C)C. The van der Waals surface area contributed by atoms with Crippen molar-refractivity contribution in [1.29, 1.82) is 0 Å².